The van der Waals surface area contributed by atoms with E-state index in [1.54, 1.807) is 152 Å². The van der Waals surface area contributed by atoms with Crippen LogP contribution in [0.5, 0.6) is 11.5 Å². The first-order chi connectivity index (χ1) is 55.3. The van der Waals surface area contributed by atoms with Gasteiger partial charge in [0, 0.05) is 64.3 Å². The van der Waals surface area contributed by atoms with Gasteiger partial charge in [0.05, 0.1) is 54.1 Å². The zero-order chi connectivity index (χ0) is 83.0. The fourth-order valence-electron chi connectivity index (χ4n) is 15.1. The van der Waals surface area contributed by atoms with E-state index in [4.69, 9.17) is 9.47 Å². The SMILES string of the molecule is CN[C@@H](C)C(=O)N[C@H](C(=O)N1C[C@@H]2C[C@H]1C(=O)N[C@@H](Cc1ccc3ccccc3c1)C(=O)N[C@H](C(=O)O)Cc1ccc(cc1)OCc1cn(cn1)[C@H]1C[C@@H](C(=O)N[C@@H](Cc3ccc4ccccc4c3)C(=O)N[C@H](C(=O)N3CC(C(=O)O)C3)Cc3ccc(cc3)OCc3cn2cn3)N(C(=O)[C@@H](NC(=O)[C@H](C)NC)C(C)(C)C)C1)C(C)(C)C. The zero-order valence-corrected chi connectivity index (χ0v) is 66.8. The molecule has 9 amide bonds. The lowest BCUT2D eigenvalue weighted by Gasteiger charge is -2.39. The molecule has 0 aliphatic carbocycles. The highest BCUT2D eigenvalue weighted by molar-refractivity contribution is 5.99. The number of likely N-dealkylation sites (tertiary alicyclic amines) is 3. The van der Waals surface area contributed by atoms with Gasteiger partial charge in [-0.1, -0.05) is 151 Å². The summed E-state index contributed by atoms with van der Waals surface area (Å²) < 4.78 is 16.1. The van der Waals surface area contributed by atoms with Gasteiger partial charge in [-0.3, -0.25) is 47.9 Å². The van der Waals surface area contributed by atoms with E-state index in [1.807, 2.05) is 84.9 Å². The molecule has 30 heteroatoms. The number of carbonyl (C=O) groups is 11. The van der Waals surface area contributed by atoms with E-state index in [1.165, 1.54) is 14.7 Å². The van der Waals surface area contributed by atoms with Crippen LogP contribution in [0.25, 0.3) is 21.5 Å². The van der Waals surface area contributed by atoms with Crippen LogP contribution in [-0.4, -0.2) is 210 Å². The fourth-order valence-corrected chi connectivity index (χ4v) is 15.1. The normalized spacial score (nSPS) is 21.9. The molecule has 7 aliphatic rings. The molecule has 0 unspecified atom stereocenters. The highest BCUT2D eigenvalue weighted by Crippen LogP contribution is 2.35. The quantitative estimate of drug-likeness (QED) is 0.0648. The van der Waals surface area contributed by atoms with Crippen LogP contribution in [0.15, 0.2) is 159 Å². The molecule has 9 heterocycles. The van der Waals surface area contributed by atoms with Crippen molar-refractivity contribution in [2.75, 3.05) is 40.3 Å². The van der Waals surface area contributed by atoms with E-state index in [0.29, 0.717) is 45.1 Å². The number of carboxylic acids is 2. The number of aliphatic carboxylic acids is 2. The molecule has 0 saturated carbocycles. The number of likely N-dealkylation sites (N-methyl/N-ethyl adjacent to an activating group) is 2. The molecule has 2 aromatic heterocycles. The number of ether oxygens (including phenoxy) is 2. The number of carbonyl (C=O) groups excluding carboxylic acids is 9. The third kappa shape index (κ3) is 20.0. The Labute approximate surface area is 672 Å². The number of carboxylic acid groups (broad SMARTS) is 2. The molecule has 0 spiro atoms. The summed E-state index contributed by atoms with van der Waals surface area (Å²) in [6.45, 7) is 13.7. The van der Waals surface area contributed by atoms with Crippen molar-refractivity contribution < 1.29 is 72.4 Å². The second kappa shape index (κ2) is 35.8. The Morgan fingerprint density at radius 1 is 0.500 bits per heavy atom. The van der Waals surface area contributed by atoms with Crippen molar-refractivity contribution in [1.29, 1.82) is 0 Å². The van der Waals surface area contributed by atoms with Crippen LogP contribution in [0.3, 0.4) is 0 Å². The molecule has 6 aromatic carbocycles. The molecule has 0 radical (unpaired) electrons. The predicted octanol–water partition coefficient (Wildman–Crippen LogP) is 4.96. The molecular formula is C86H103N15O15. The number of benzene rings is 6. The third-order valence-electron chi connectivity index (χ3n) is 22.4. The van der Waals surface area contributed by atoms with Crippen LogP contribution in [0.2, 0.25) is 0 Å². The topological polar surface area (TPSA) is 388 Å². The molecule has 12 atom stereocenters. The van der Waals surface area contributed by atoms with Gasteiger partial charge in [-0.25, -0.2) is 14.8 Å². The number of imidazole rings is 2. The van der Waals surface area contributed by atoms with Crippen LogP contribution in [0.4, 0.5) is 0 Å². The monoisotopic (exact) mass is 1590 g/mol. The Kier molecular flexibility index (Phi) is 25.7. The number of nitrogens with one attached hydrogen (secondary N) is 8. The highest BCUT2D eigenvalue weighted by atomic mass is 16.5. The Balaban J connectivity index is 0.888. The molecule has 10 N–H and O–H groups in total. The largest absolute Gasteiger partial charge is 0.487 e. The summed E-state index contributed by atoms with van der Waals surface area (Å²) in [7, 11) is 3.23. The first kappa shape index (κ1) is 83.4. The van der Waals surface area contributed by atoms with Gasteiger partial charge in [0.2, 0.25) is 53.2 Å². The summed E-state index contributed by atoms with van der Waals surface area (Å²) in [6.07, 6.45) is 6.13. The average molecular weight is 1590 g/mol. The molecule has 612 valence electrons. The lowest BCUT2D eigenvalue weighted by molar-refractivity contribution is -0.154. The molecule has 116 heavy (non-hydrogen) atoms. The first-order valence-electron chi connectivity index (χ1n) is 39.2. The number of amides is 9. The van der Waals surface area contributed by atoms with Gasteiger partial charge in [0.25, 0.3) is 0 Å². The van der Waals surface area contributed by atoms with Crippen molar-refractivity contribution in [3.8, 4) is 11.5 Å². The Hall–Kier alpha value is -12.0. The second-order valence-corrected chi connectivity index (χ2v) is 33.0. The minimum absolute atomic E-state index is 0.0132. The Bertz CT molecular complexity index is 4970. The van der Waals surface area contributed by atoms with Gasteiger partial charge in [-0.2, -0.15) is 0 Å². The van der Waals surface area contributed by atoms with E-state index < -0.39 is 154 Å². The summed E-state index contributed by atoms with van der Waals surface area (Å²) in [4.78, 5) is 173. The number of rotatable bonds is 15. The molecule has 30 nitrogen and oxygen atoms in total. The molecule has 3 fully saturated rings. The van der Waals surface area contributed by atoms with Crippen LogP contribution in [0, 0.1) is 16.7 Å². The van der Waals surface area contributed by atoms with E-state index in [-0.39, 0.29) is 77.9 Å². The summed E-state index contributed by atoms with van der Waals surface area (Å²) in [6, 6.07) is 26.9. The molecule has 8 aromatic rings. The van der Waals surface area contributed by atoms with Crippen molar-refractivity contribution in [3.63, 3.8) is 0 Å². The standard InChI is InChI=1S/C86H103N15O15/c1-49(87-9)74(102)95-72(85(3,4)5)81(109)100-43-62-37-70(100)78(106)91-66(35-53-19-25-55-15-11-13-17-57(55)31-53)76(104)93-68(80(108)97-39-59(40-97)83(111)112)33-51-21-27-64(28-22-51)115-45-60-41-99(47-89-60)63-38-71(101(44-63)82(110)73(86(6,7)8)96-75(103)50(2)88-10)79(107)92-67(36-54-20-26-56-16-12-14-18-58(56)32-54)77(105)94-69(84(113)114)34-52-23-29-65(30-24-52)116-46-61-42-98(62)48-90-61/h11-32,41-42,47-50,59,62-63,66-73,87-88H,33-40,43-46H2,1-10H3,(H,91,106)(H,92,107)(H,93,104)(H,94,105)(H,95,102)(H,96,103)(H,111,112)(H,113,114)/t49-,50-,62-,63-,66-,67-,68-,69-,70-,71-,72+,73+/m0/s1. The van der Waals surface area contributed by atoms with E-state index >= 15 is 24.0 Å². The van der Waals surface area contributed by atoms with Crippen molar-refractivity contribution in [2.45, 2.75) is 180 Å². The number of aromatic nitrogens is 4. The van der Waals surface area contributed by atoms with Gasteiger partial charge >= 0.3 is 11.9 Å². The van der Waals surface area contributed by atoms with Crippen molar-refractivity contribution in [1.82, 2.24) is 76.3 Å². The lowest BCUT2D eigenvalue weighted by atomic mass is 9.85. The maximum Gasteiger partial charge on any atom is 0.326 e. The lowest BCUT2D eigenvalue weighted by Crippen LogP contribution is -2.62. The van der Waals surface area contributed by atoms with Crippen molar-refractivity contribution in [2.24, 2.45) is 16.7 Å². The number of hydrogen-bond donors (Lipinski definition) is 10. The van der Waals surface area contributed by atoms with E-state index in [2.05, 4.69) is 52.5 Å². The average Bonchev–Trinajstić information content (AvgIpc) is 1.64. The van der Waals surface area contributed by atoms with Gasteiger partial charge in [0.1, 0.15) is 73.0 Å². The first-order valence-corrected chi connectivity index (χ1v) is 39.2. The van der Waals surface area contributed by atoms with Gasteiger partial charge in [0.15, 0.2) is 0 Å². The van der Waals surface area contributed by atoms with Crippen LogP contribution in [-0.2, 0) is 91.6 Å². The maximum absolute atomic E-state index is 15.6. The molecule has 3 saturated heterocycles. The van der Waals surface area contributed by atoms with Gasteiger partial charge in [-0.15, -0.1) is 0 Å². The van der Waals surface area contributed by atoms with Crippen LogP contribution >= 0.6 is 0 Å². The second-order valence-electron chi connectivity index (χ2n) is 33.0. The van der Waals surface area contributed by atoms with E-state index in [0.717, 1.165) is 21.5 Å². The predicted molar refractivity (Wildman–Crippen MR) is 430 cm³/mol. The third-order valence-corrected chi connectivity index (χ3v) is 22.4. The van der Waals surface area contributed by atoms with Crippen molar-refractivity contribution in [3.05, 3.63) is 192 Å². The Morgan fingerprint density at radius 2 is 0.897 bits per heavy atom. The zero-order valence-electron chi connectivity index (χ0n) is 66.8. The highest BCUT2D eigenvalue weighted by Gasteiger charge is 2.49. The minimum atomic E-state index is -1.51. The minimum Gasteiger partial charge on any atom is -0.487 e. The number of fused-ring (bicyclic) bond motifs is 2. The number of nitrogens with zero attached hydrogens (tertiary/aromatic N) is 7. The molecular weight excluding hydrogens is 1480 g/mol. The van der Waals surface area contributed by atoms with Crippen LogP contribution < -0.4 is 52.0 Å². The fraction of sp³-hybridized carbons (Fsp3) is 0.430. The summed E-state index contributed by atoms with van der Waals surface area (Å²) in [5.74, 6) is -8.05. The van der Waals surface area contributed by atoms with Gasteiger partial charge < -0.3 is 86.1 Å². The van der Waals surface area contributed by atoms with Gasteiger partial charge in [-0.05, 0) is 120 Å². The summed E-state index contributed by atoms with van der Waals surface area (Å²) in [5.41, 5.74) is 1.50. The Morgan fingerprint density at radius 3 is 1.28 bits per heavy atom. The summed E-state index contributed by atoms with van der Waals surface area (Å²) >= 11 is 0. The molecule has 12 bridgehead atoms. The molecule has 15 rings (SSSR count). The maximum atomic E-state index is 15.6. The van der Waals surface area contributed by atoms with Crippen LogP contribution in [0.1, 0.15) is 114 Å². The summed E-state index contributed by atoms with van der Waals surface area (Å²) in [5, 5.41) is 47.6. The smallest absolute Gasteiger partial charge is 0.326 e. The van der Waals surface area contributed by atoms with E-state index in [9.17, 15) is 39.0 Å². The molecule has 7 aliphatic heterocycles. The number of hydrogen-bond acceptors (Lipinski definition) is 17. The van der Waals surface area contributed by atoms with Crippen molar-refractivity contribution >= 4 is 86.6 Å².